The highest BCUT2D eigenvalue weighted by molar-refractivity contribution is 5.44. The molecule has 0 atom stereocenters. The smallest absolute Gasteiger partial charge is 0.149 e. The number of rotatable bonds is 5. The molecular formula is C14H18N4. The highest BCUT2D eigenvalue weighted by Crippen LogP contribution is 2.15. The second-order valence-corrected chi connectivity index (χ2v) is 4.01. The molecule has 4 heteroatoms. The maximum absolute atomic E-state index is 4.51. The molecule has 0 aliphatic heterocycles. The number of hydrogen-bond donors (Lipinski definition) is 1. The van der Waals surface area contributed by atoms with Crippen LogP contribution in [0.1, 0.15) is 12.5 Å². The maximum atomic E-state index is 4.51. The lowest BCUT2D eigenvalue weighted by Crippen LogP contribution is -2.23. The molecular weight excluding hydrogens is 224 g/mol. The Kier molecular flexibility index (Phi) is 4.12. The van der Waals surface area contributed by atoms with Gasteiger partial charge in [0.15, 0.2) is 0 Å². The topological polar surface area (TPSA) is 41.1 Å². The number of anilines is 2. The van der Waals surface area contributed by atoms with Gasteiger partial charge in [0.25, 0.3) is 0 Å². The molecule has 2 rings (SSSR count). The van der Waals surface area contributed by atoms with Crippen molar-refractivity contribution >= 4 is 11.6 Å². The van der Waals surface area contributed by atoms with Crippen LogP contribution in [-0.2, 0) is 6.54 Å². The lowest BCUT2D eigenvalue weighted by atomic mass is 10.2. The summed E-state index contributed by atoms with van der Waals surface area (Å²) in [5, 5.41) is 3.01. The fourth-order valence-electron chi connectivity index (χ4n) is 1.79. The minimum absolute atomic E-state index is 0.791. The summed E-state index contributed by atoms with van der Waals surface area (Å²) in [7, 11) is 1.85. The molecule has 0 amide bonds. The van der Waals surface area contributed by atoms with Crippen LogP contribution in [0.3, 0.4) is 0 Å². The molecule has 1 N–H and O–H groups in total. The number of hydrogen-bond acceptors (Lipinski definition) is 4. The highest BCUT2D eigenvalue weighted by atomic mass is 15.2. The Bertz CT molecular complexity index is 484. The Morgan fingerprint density at radius 2 is 1.94 bits per heavy atom. The van der Waals surface area contributed by atoms with Crippen LogP contribution >= 0.6 is 0 Å². The molecule has 18 heavy (non-hydrogen) atoms. The van der Waals surface area contributed by atoms with Crippen molar-refractivity contribution in [3.8, 4) is 0 Å². The number of benzene rings is 1. The molecule has 0 bridgehead atoms. The van der Waals surface area contributed by atoms with Crippen molar-refractivity contribution in [2.24, 2.45) is 0 Å². The van der Waals surface area contributed by atoms with Gasteiger partial charge in [0, 0.05) is 20.1 Å². The summed E-state index contributed by atoms with van der Waals surface area (Å²) >= 11 is 0. The van der Waals surface area contributed by atoms with Crippen LogP contribution in [0.5, 0.6) is 0 Å². The minimum atomic E-state index is 0.791. The third kappa shape index (κ3) is 2.97. The fourth-order valence-corrected chi connectivity index (χ4v) is 1.79. The van der Waals surface area contributed by atoms with Crippen molar-refractivity contribution in [1.29, 1.82) is 0 Å². The summed E-state index contributed by atoms with van der Waals surface area (Å²) in [6.45, 7) is 3.87. The zero-order chi connectivity index (χ0) is 12.8. The predicted octanol–water partition coefficient (Wildman–Crippen LogP) is 2.54. The molecule has 0 fully saturated rings. The first-order chi connectivity index (χ1) is 8.83. The first-order valence-electron chi connectivity index (χ1n) is 6.12. The standard InChI is InChI=1S/C14H18N4/c1-3-18(11-12-7-5-4-6-8-12)14-10-16-9-13(15-2)17-14/h4-10H,3,11H2,1-2H3,(H,15,17). The third-order valence-corrected chi connectivity index (χ3v) is 2.80. The number of nitrogens with zero attached hydrogens (tertiary/aromatic N) is 3. The van der Waals surface area contributed by atoms with Crippen molar-refractivity contribution in [3.05, 3.63) is 48.3 Å². The van der Waals surface area contributed by atoms with Crippen molar-refractivity contribution in [2.75, 3.05) is 23.8 Å². The summed E-state index contributed by atoms with van der Waals surface area (Å²) in [5.41, 5.74) is 1.27. The van der Waals surface area contributed by atoms with E-state index in [0.717, 1.165) is 24.7 Å². The van der Waals surface area contributed by atoms with Crippen LogP contribution in [0.15, 0.2) is 42.7 Å². The van der Waals surface area contributed by atoms with Crippen LogP contribution in [0.4, 0.5) is 11.6 Å². The molecule has 0 spiro atoms. The van der Waals surface area contributed by atoms with Crippen LogP contribution < -0.4 is 10.2 Å². The number of nitrogens with one attached hydrogen (secondary N) is 1. The molecule has 1 heterocycles. The number of aromatic nitrogens is 2. The van der Waals surface area contributed by atoms with E-state index in [1.807, 2.05) is 13.1 Å². The normalized spacial score (nSPS) is 10.1. The molecule has 1 aromatic heterocycles. The first-order valence-corrected chi connectivity index (χ1v) is 6.12. The summed E-state index contributed by atoms with van der Waals surface area (Å²) in [5.74, 6) is 1.69. The molecule has 0 saturated heterocycles. The molecule has 4 nitrogen and oxygen atoms in total. The van der Waals surface area contributed by atoms with Gasteiger partial charge in [0.1, 0.15) is 11.6 Å². The molecule has 1 aromatic carbocycles. The van der Waals surface area contributed by atoms with Gasteiger partial charge >= 0.3 is 0 Å². The van der Waals surface area contributed by atoms with Gasteiger partial charge in [-0.25, -0.2) is 4.98 Å². The molecule has 0 aliphatic carbocycles. The molecule has 0 saturated carbocycles. The van der Waals surface area contributed by atoms with Gasteiger partial charge in [-0.15, -0.1) is 0 Å². The van der Waals surface area contributed by atoms with Crippen molar-refractivity contribution in [2.45, 2.75) is 13.5 Å². The third-order valence-electron chi connectivity index (χ3n) is 2.80. The van der Waals surface area contributed by atoms with Gasteiger partial charge < -0.3 is 10.2 Å². The average Bonchev–Trinajstić information content (AvgIpc) is 2.46. The SMILES string of the molecule is CCN(Cc1ccccc1)c1cncc(NC)n1. The summed E-state index contributed by atoms with van der Waals surface area (Å²) in [6.07, 6.45) is 3.52. The van der Waals surface area contributed by atoms with Gasteiger partial charge in [0.05, 0.1) is 12.4 Å². The van der Waals surface area contributed by atoms with Gasteiger partial charge in [0.2, 0.25) is 0 Å². The van der Waals surface area contributed by atoms with Crippen LogP contribution in [0, 0.1) is 0 Å². The Morgan fingerprint density at radius 3 is 2.61 bits per heavy atom. The highest BCUT2D eigenvalue weighted by Gasteiger charge is 2.07. The van der Waals surface area contributed by atoms with Crippen molar-refractivity contribution < 1.29 is 0 Å². The average molecular weight is 242 g/mol. The summed E-state index contributed by atoms with van der Waals surface area (Å²) in [6, 6.07) is 10.4. The van der Waals surface area contributed by atoms with E-state index < -0.39 is 0 Å². The quantitative estimate of drug-likeness (QED) is 0.874. The van der Waals surface area contributed by atoms with Gasteiger partial charge in [-0.3, -0.25) is 4.98 Å². The Hall–Kier alpha value is -2.10. The summed E-state index contributed by atoms with van der Waals surface area (Å²) < 4.78 is 0. The molecule has 0 radical (unpaired) electrons. The van der Waals surface area contributed by atoms with Crippen molar-refractivity contribution in [1.82, 2.24) is 9.97 Å². The van der Waals surface area contributed by atoms with E-state index in [0.29, 0.717) is 0 Å². The van der Waals surface area contributed by atoms with E-state index in [4.69, 9.17) is 0 Å². The van der Waals surface area contributed by atoms with E-state index in [2.05, 4.69) is 51.4 Å². The van der Waals surface area contributed by atoms with E-state index >= 15 is 0 Å². The Labute approximate surface area is 108 Å². The van der Waals surface area contributed by atoms with Gasteiger partial charge in [-0.05, 0) is 12.5 Å². The van der Waals surface area contributed by atoms with E-state index in [-0.39, 0.29) is 0 Å². The maximum Gasteiger partial charge on any atom is 0.149 e. The lowest BCUT2D eigenvalue weighted by molar-refractivity contribution is 0.810. The minimum Gasteiger partial charge on any atom is -0.372 e. The Morgan fingerprint density at radius 1 is 1.17 bits per heavy atom. The zero-order valence-corrected chi connectivity index (χ0v) is 10.8. The lowest BCUT2D eigenvalue weighted by Gasteiger charge is -2.22. The van der Waals surface area contributed by atoms with Crippen molar-refractivity contribution in [3.63, 3.8) is 0 Å². The second-order valence-electron chi connectivity index (χ2n) is 4.01. The van der Waals surface area contributed by atoms with Crippen LogP contribution in [0.2, 0.25) is 0 Å². The largest absolute Gasteiger partial charge is 0.372 e. The predicted molar refractivity (Wildman–Crippen MR) is 74.7 cm³/mol. The summed E-state index contributed by atoms with van der Waals surface area (Å²) in [4.78, 5) is 10.9. The molecule has 2 aromatic rings. The van der Waals surface area contributed by atoms with Crippen LogP contribution in [0.25, 0.3) is 0 Å². The van der Waals surface area contributed by atoms with Gasteiger partial charge in [-0.2, -0.15) is 0 Å². The second kappa shape index (κ2) is 6.00. The van der Waals surface area contributed by atoms with E-state index in [1.165, 1.54) is 5.56 Å². The first kappa shape index (κ1) is 12.4. The van der Waals surface area contributed by atoms with Gasteiger partial charge in [-0.1, -0.05) is 30.3 Å². The monoisotopic (exact) mass is 242 g/mol. The van der Waals surface area contributed by atoms with E-state index in [1.54, 1.807) is 12.4 Å². The van der Waals surface area contributed by atoms with E-state index in [9.17, 15) is 0 Å². The molecule has 0 unspecified atom stereocenters. The molecule has 94 valence electrons. The molecule has 0 aliphatic rings. The van der Waals surface area contributed by atoms with Crippen LogP contribution in [-0.4, -0.2) is 23.6 Å². The Balaban J connectivity index is 2.17. The zero-order valence-electron chi connectivity index (χ0n) is 10.8. The fraction of sp³-hybridized carbons (Fsp3) is 0.286.